The Hall–Kier alpha value is -3.62. The first kappa shape index (κ1) is 18.2. The maximum atomic E-state index is 12.3. The number of carbonyl (C=O) groups excluding carboxylic acids is 2. The second-order valence-electron chi connectivity index (χ2n) is 5.91. The lowest BCUT2D eigenvalue weighted by Gasteiger charge is -2.20. The van der Waals surface area contributed by atoms with E-state index in [2.05, 4.69) is 5.32 Å². The molecule has 1 atom stereocenters. The van der Waals surface area contributed by atoms with E-state index in [0.717, 1.165) is 0 Å². The minimum atomic E-state index is -1.31. The average Bonchev–Trinajstić information content (AvgIpc) is 3.09. The lowest BCUT2D eigenvalue weighted by atomic mass is 10.0. The van der Waals surface area contributed by atoms with E-state index in [4.69, 9.17) is 9.47 Å². The molecule has 0 spiro atoms. The SMILES string of the molecule is O=C([O-])C[C@@H](NC(=O)Cc1ccc([N+](=O)[O-])cc1)c1ccc2c(c1)OCO2. The van der Waals surface area contributed by atoms with Gasteiger partial charge in [0.05, 0.1) is 17.4 Å². The highest BCUT2D eigenvalue weighted by Crippen LogP contribution is 2.34. The monoisotopic (exact) mass is 371 g/mol. The smallest absolute Gasteiger partial charge is 0.269 e. The molecule has 0 saturated carbocycles. The van der Waals surface area contributed by atoms with Crippen molar-refractivity contribution >= 4 is 17.6 Å². The molecule has 2 aromatic rings. The van der Waals surface area contributed by atoms with Gasteiger partial charge in [0.25, 0.3) is 5.69 Å². The van der Waals surface area contributed by atoms with Crippen LogP contribution >= 0.6 is 0 Å². The van der Waals surface area contributed by atoms with E-state index >= 15 is 0 Å². The van der Waals surface area contributed by atoms with Crippen LogP contribution in [0.25, 0.3) is 0 Å². The van der Waals surface area contributed by atoms with Crippen LogP contribution in [-0.4, -0.2) is 23.6 Å². The molecule has 2 aromatic carbocycles. The number of non-ortho nitro benzene ring substituents is 1. The minimum absolute atomic E-state index is 0.0495. The van der Waals surface area contributed by atoms with Crippen LogP contribution in [0.2, 0.25) is 0 Å². The third-order valence-electron chi connectivity index (χ3n) is 4.02. The van der Waals surface area contributed by atoms with E-state index < -0.39 is 29.3 Å². The van der Waals surface area contributed by atoms with Gasteiger partial charge in [-0.1, -0.05) is 18.2 Å². The summed E-state index contributed by atoms with van der Waals surface area (Å²) in [5.41, 5.74) is 1.03. The van der Waals surface area contributed by atoms with Gasteiger partial charge in [-0.2, -0.15) is 0 Å². The fourth-order valence-corrected chi connectivity index (χ4v) is 2.72. The zero-order valence-corrected chi connectivity index (χ0v) is 14.0. The van der Waals surface area contributed by atoms with Gasteiger partial charge in [-0.3, -0.25) is 14.9 Å². The molecule has 1 aliphatic rings. The van der Waals surface area contributed by atoms with Gasteiger partial charge >= 0.3 is 0 Å². The topological polar surface area (TPSA) is 131 Å². The van der Waals surface area contributed by atoms with Crippen LogP contribution in [0.1, 0.15) is 23.6 Å². The van der Waals surface area contributed by atoms with Crippen molar-refractivity contribution in [1.82, 2.24) is 5.32 Å². The fraction of sp³-hybridized carbons (Fsp3) is 0.222. The normalized spacial score (nSPS) is 13.0. The molecule has 0 aliphatic carbocycles. The number of amides is 1. The van der Waals surface area contributed by atoms with Gasteiger partial charge in [-0.15, -0.1) is 0 Å². The number of benzene rings is 2. The van der Waals surface area contributed by atoms with Crippen molar-refractivity contribution in [1.29, 1.82) is 0 Å². The minimum Gasteiger partial charge on any atom is -0.550 e. The Kier molecular flexibility index (Phi) is 5.20. The maximum Gasteiger partial charge on any atom is 0.269 e. The Morgan fingerprint density at radius 3 is 2.48 bits per heavy atom. The highest BCUT2D eigenvalue weighted by molar-refractivity contribution is 5.80. The van der Waals surface area contributed by atoms with Crippen LogP contribution in [0.4, 0.5) is 5.69 Å². The van der Waals surface area contributed by atoms with Crippen molar-refractivity contribution < 1.29 is 29.1 Å². The highest BCUT2D eigenvalue weighted by Gasteiger charge is 2.20. The summed E-state index contributed by atoms with van der Waals surface area (Å²) >= 11 is 0. The molecule has 1 amide bonds. The fourth-order valence-electron chi connectivity index (χ4n) is 2.72. The molecule has 140 valence electrons. The van der Waals surface area contributed by atoms with Crippen LogP contribution in [0.15, 0.2) is 42.5 Å². The van der Waals surface area contributed by atoms with Gasteiger partial charge in [0.1, 0.15) is 0 Å². The van der Waals surface area contributed by atoms with Gasteiger partial charge in [0.15, 0.2) is 11.5 Å². The first-order chi connectivity index (χ1) is 12.9. The lowest BCUT2D eigenvalue weighted by molar-refractivity contribution is -0.384. The van der Waals surface area contributed by atoms with Crippen molar-refractivity contribution in [3.05, 3.63) is 63.7 Å². The number of aliphatic carboxylic acids is 1. The number of nitrogens with one attached hydrogen (secondary N) is 1. The van der Waals surface area contributed by atoms with Crippen LogP contribution in [0, 0.1) is 10.1 Å². The summed E-state index contributed by atoms with van der Waals surface area (Å²) in [5, 5.41) is 24.4. The third kappa shape index (κ3) is 4.51. The molecule has 1 N–H and O–H groups in total. The molecule has 1 heterocycles. The van der Waals surface area contributed by atoms with E-state index in [1.54, 1.807) is 18.2 Å². The molecule has 9 heteroatoms. The van der Waals surface area contributed by atoms with Crippen LogP contribution in [0.5, 0.6) is 11.5 Å². The summed E-state index contributed by atoms with van der Waals surface area (Å²) in [5.74, 6) is -0.718. The number of nitro benzene ring substituents is 1. The quantitative estimate of drug-likeness (QED) is 0.564. The molecule has 0 aromatic heterocycles. The van der Waals surface area contributed by atoms with Crippen molar-refractivity contribution in [2.24, 2.45) is 0 Å². The second kappa shape index (κ2) is 7.73. The van der Waals surface area contributed by atoms with Crippen molar-refractivity contribution in [3.63, 3.8) is 0 Å². The number of rotatable bonds is 7. The Bertz CT molecular complexity index is 880. The van der Waals surface area contributed by atoms with Gasteiger partial charge in [0.2, 0.25) is 12.7 Å². The first-order valence-electron chi connectivity index (χ1n) is 8.04. The Morgan fingerprint density at radius 1 is 1.11 bits per heavy atom. The van der Waals surface area contributed by atoms with Crippen LogP contribution in [-0.2, 0) is 16.0 Å². The van der Waals surface area contributed by atoms with E-state index in [1.807, 2.05) is 0 Å². The number of nitro groups is 1. The zero-order valence-electron chi connectivity index (χ0n) is 14.0. The Morgan fingerprint density at radius 2 is 1.81 bits per heavy atom. The molecule has 3 rings (SSSR count). The van der Waals surface area contributed by atoms with Gasteiger partial charge in [-0.05, 0) is 23.3 Å². The number of hydrogen-bond acceptors (Lipinski definition) is 7. The van der Waals surface area contributed by atoms with Gasteiger partial charge in [0, 0.05) is 24.5 Å². The summed E-state index contributed by atoms with van der Waals surface area (Å²) < 4.78 is 10.5. The van der Waals surface area contributed by atoms with E-state index in [-0.39, 0.29) is 18.9 Å². The second-order valence-corrected chi connectivity index (χ2v) is 5.91. The summed E-state index contributed by atoms with van der Waals surface area (Å²) in [6, 6.07) is 9.66. The summed E-state index contributed by atoms with van der Waals surface area (Å²) in [7, 11) is 0. The van der Waals surface area contributed by atoms with Crippen LogP contribution < -0.4 is 19.9 Å². The van der Waals surface area contributed by atoms with Crippen molar-refractivity contribution in [2.75, 3.05) is 6.79 Å². The lowest BCUT2D eigenvalue weighted by Crippen LogP contribution is -2.35. The molecular formula is C18H15N2O7-. The molecule has 0 radical (unpaired) electrons. The molecule has 27 heavy (non-hydrogen) atoms. The number of ether oxygens (including phenoxy) is 2. The molecule has 1 aliphatic heterocycles. The molecular weight excluding hydrogens is 356 g/mol. The van der Waals surface area contributed by atoms with Gasteiger partial charge in [-0.25, -0.2) is 0 Å². The highest BCUT2D eigenvalue weighted by atomic mass is 16.7. The number of nitrogens with zero attached hydrogens (tertiary/aromatic N) is 1. The number of hydrogen-bond donors (Lipinski definition) is 1. The number of carbonyl (C=O) groups is 2. The molecule has 0 fully saturated rings. The predicted octanol–water partition coefficient (Wildman–Crippen LogP) is 0.864. The molecule has 0 saturated heterocycles. The summed E-state index contributed by atoms with van der Waals surface area (Å²) in [6.07, 6.45) is -0.461. The predicted molar refractivity (Wildman–Crippen MR) is 89.9 cm³/mol. The van der Waals surface area contributed by atoms with Crippen molar-refractivity contribution in [2.45, 2.75) is 18.9 Å². The standard InChI is InChI=1S/C18H16N2O7/c21-17(7-11-1-4-13(5-2-11)20(24)25)19-14(9-18(22)23)12-3-6-15-16(8-12)27-10-26-15/h1-6,8,14H,7,9-10H2,(H,19,21)(H,22,23)/p-1/t14-/m1/s1. The number of carboxylic acid groups (broad SMARTS) is 1. The van der Waals surface area contributed by atoms with E-state index in [0.29, 0.717) is 22.6 Å². The summed E-state index contributed by atoms with van der Waals surface area (Å²) in [6.45, 7) is 0.0798. The average molecular weight is 371 g/mol. The molecule has 9 nitrogen and oxygen atoms in total. The van der Waals surface area contributed by atoms with Crippen molar-refractivity contribution in [3.8, 4) is 11.5 Å². The maximum absolute atomic E-state index is 12.3. The largest absolute Gasteiger partial charge is 0.550 e. The van der Waals surface area contributed by atoms with E-state index in [9.17, 15) is 24.8 Å². The van der Waals surface area contributed by atoms with Gasteiger partial charge < -0.3 is 24.7 Å². The van der Waals surface area contributed by atoms with Crippen LogP contribution in [0.3, 0.4) is 0 Å². The zero-order chi connectivity index (χ0) is 19.4. The Balaban J connectivity index is 1.71. The van der Waals surface area contributed by atoms with E-state index in [1.165, 1.54) is 24.3 Å². The summed E-state index contributed by atoms with van der Waals surface area (Å²) in [4.78, 5) is 33.5. The third-order valence-corrected chi connectivity index (χ3v) is 4.02. The Labute approximate surface area is 153 Å². The number of fused-ring (bicyclic) bond motifs is 1. The molecule has 0 bridgehead atoms. The molecule has 0 unspecified atom stereocenters. The first-order valence-corrected chi connectivity index (χ1v) is 8.04. The number of carboxylic acids is 1.